The van der Waals surface area contributed by atoms with Crippen molar-refractivity contribution in [1.29, 1.82) is 0 Å². The van der Waals surface area contributed by atoms with E-state index in [9.17, 15) is 0 Å². The maximum absolute atomic E-state index is 5.30. The molecule has 2 heterocycles. The summed E-state index contributed by atoms with van der Waals surface area (Å²) in [5, 5.41) is 6.30. The number of ether oxygens (including phenoxy) is 2. The molecular weight excluding hydrogens is 184 g/mol. The van der Waals surface area contributed by atoms with Crippen LogP contribution in [-0.4, -0.2) is 37.6 Å². The average Bonchev–Trinajstić information content (AvgIpc) is 2.62. The Bertz CT molecular complexity index is 251. The first-order valence-corrected chi connectivity index (χ1v) is 4.89. The number of hydrogen-bond acceptors (Lipinski definition) is 4. The second-order valence-electron chi connectivity index (χ2n) is 3.06. The van der Waals surface area contributed by atoms with Crippen molar-refractivity contribution in [1.82, 2.24) is 10.6 Å². The van der Waals surface area contributed by atoms with Crippen LogP contribution in [0.15, 0.2) is 0 Å². The Labute approximate surface area is 82.4 Å². The lowest BCUT2D eigenvalue weighted by Gasteiger charge is -1.99. The lowest BCUT2D eigenvalue weighted by molar-refractivity contribution is -0.729. The molecule has 0 spiro atoms. The molecule has 6 nitrogen and oxygen atoms in total. The summed E-state index contributed by atoms with van der Waals surface area (Å²) in [6, 6.07) is 1.41. The highest BCUT2D eigenvalue weighted by Gasteiger charge is 2.47. The van der Waals surface area contributed by atoms with Gasteiger partial charge in [0.2, 0.25) is 0 Å². The molecule has 0 saturated heterocycles. The van der Waals surface area contributed by atoms with E-state index in [-0.39, 0.29) is 12.3 Å². The van der Waals surface area contributed by atoms with Gasteiger partial charge in [-0.1, -0.05) is 0 Å². The minimum Gasteiger partial charge on any atom is -0.432 e. The predicted octanol–water partition coefficient (Wildman–Crippen LogP) is -4.21. The van der Waals surface area contributed by atoms with Crippen LogP contribution in [0.3, 0.4) is 0 Å². The standard InChI is InChI=1S/C8H14N4O2/c1-3-13-7-9-5-6(10-7)12-8(11-5)14-4-2/h5-6H,3-4H2,1-2H3,(H,9,10)(H,11,12)/p+2. The van der Waals surface area contributed by atoms with Crippen LogP contribution in [0, 0.1) is 0 Å². The lowest BCUT2D eigenvalue weighted by atomic mass is 10.4. The van der Waals surface area contributed by atoms with E-state index in [0.717, 1.165) is 0 Å². The van der Waals surface area contributed by atoms with Crippen molar-refractivity contribution in [2.75, 3.05) is 13.2 Å². The monoisotopic (exact) mass is 200 g/mol. The molecule has 4 N–H and O–H groups in total. The highest BCUT2D eigenvalue weighted by molar-refractivity contribution is 5.73. The second kappa shape index (κ2) is 3.73. The van der Waals surface area contributed by atoms with Crippen LogP contribution in [0.2, 0.25) is 0 Å². The SMILES string of the molecule is CCOC1=[NH+]C2[NH+]=C(OCC)NC2N1. The molecule has 0 fully saturated rings. The minimum atomic E-state index is 0.0955. The maximum Gasteiger partial charge on any atom is 0.449 e. The molecule has 0 aliphatic carbocycles. The molecule has 2 aliphatic heterocycles. The summed E-state index contributed by atoms with van der Waals surface area (Å²) in [7, 11) is 0. The summed E-state index contributed by atoms with van der Waals surface area (Å²) in [4.78, 5) is 6.30. The van der Waals surface area contributed by atoms with Gasteiger partial charge in [0, 0.05) is 0 Å². The second-order valence-corrected chi connectivity index (χ2v) is 3.06. The summed E-state index contributed by atoms with van der Waals surface area (Å²) in [5.74, 6) is 0. The largest absolute Gasteiger partial charge is 0.449 e. The van der Waals surface area contributed by atoms with Gasteiger partial charge in [-0.2, -0.15) is 20.6 Å². The van der Waals surface area contributed by atoms with Crippen LogP contribution in [0.4, 0.5) is 0 Å². The van der Waals surface area contributed by atoms with Gasteiger partial charge in [0.25, 0.3) is 0 Å². The third-order valence-corrected chi connectivity index (χ3v) is 2.06. The summed E-state index contributed by atoms with van der Waals surface area (Å²) < 4.78 is 10.6. The number of fused-ring (bicyclic) bond motifs is 1. The van der Waals surface area contributed by atoms with E-state index in [4.69, 9.17) is 9.47 Å². The molecule has 0 aromatic rings. The molecule has 0 aromatic carbocycles. The van der Waals surface area contributed by atoms with E-state index in [1.54, 1.807) is 0 Å². The molecule has 0 atom stereocenters. The fraction of sp³-hybridized carbons (Fsp3) is 0.750. The molecule has 0 saturated carbocycles. The average molecular weight is 200 g/mol. The zero-order chi connectivity index (χ0) is 9.97. The highest BCUT2D eigenvalue weighted by Crippen LogP contribution is 1.88. The Morgan fingerprint density at radius 2 is 1.57 bits per heavy atom. The van der Waals surface area contributed by atoms with Crippen molar-refractivity contribution in [2.45, 2.75) is 26.2 Å². The molecule has 2 rings (SSSR count). The Morgan fingerprint density at radius 3 is 1.93 bits per heavy atom. The molecule has 0 amide bonds. The van der Waals surface area contributed by atoms with Gasteiger partial charge in [-0.25, -0.2) is 0 Å². The number of amidine groups is 2. The van der Waals surface area contributed by atoms with Crippen LogP contribution in [0.25, 0.3) is 0 Å². The first-order chi connectivity index (χ1) is 6.83. The number of rotatable bonds is 2. The summed E-state index contributed by atoms with van der Waals surface area (Å²) in [6.07, 6.45) is 0.191. The normalized spacial score (nSPS) is 28.4. The van der Waals surface area contributed by atoms with E-state index in [0.29, 0.717) is 25.3 Å². The van der Waals surface area contributed by atoms with Crippen LogP contribution in [0.5, 0.6) is 0 Å². The van der Waals surface area contributed by atoms with Crippen LogP contribution < -0.4 is 20.6 Å². The third-order valence-electron chi connectivity index (χ3n) is 2.06. The van der Waals surface area contributed by atoms with Gasteiger partial charge in [0.05, 0.1) is 13.2 Å². The molecule has 0 bridgehead atoms. The van der Waals surface area contributed by atoms with Crippen molar-refractivity contribution in [2.24, 2.45) is 0 Å². The molecule has 2 aliphatic rings. The zero-order valence-electron chi connectivity index (χ0n) is 8.39. The maximum atomic E-state index is 5.30. The fourth-order valence-corrected chi connectivity index (χ4v) is 1.51. The van der Waals surface area contributed by atoms with Gasteiger partial charge in [-0.15, -0.1) is 0 Å². The van der Waals surface area contributed by atoms with E-state index in [1.807, 2.05) is 13.8 Å². The van der Waals surface area contributed by atoms with E-state index < -0.39 is 0 Å². The molecule has 6 heteroatoms. The topological polar surface area (TPSA) is 70.5 Å². The van der Waals surface area contributed by atoms with E-state index >= 15 is 0 Å². The van der Waals surface area contributed by atoms with Crippen molar-refractivity contribution >= 4 is 12.0 Å². The Hall–Kier alpha value is -1.46. The van der Waals surface area contributed by atoms with E-state index in [1.165, 1.54) is 0 Å². The molecular formula is C8H16N4O2+2. The molecule has 14 heavy (non-hydrogen) atoms. The van der Waals surface area contributed by atoms with Gasteiger partial charge in [0.1, 0.15) is 0 Å². The third kappa shape index (κ3) is 1.59. The van der Waals surface area contributed by atoms with Gasteiger partial charge < -0.3 is 9.47 Å². The number of hydrogen-bond donors (Lipinski definition) is 4. The first-order valence-electron chi connectivity index (χ1n) is 4.89. The Kier molecular flexibility index (Phi) is 2.43. The molecule has 0 radical (unpaired) electrons. The number of nitrogens with one attached hydrogen (secondary N) is 4. The van der Waals surface area contributed by atoms with Gasteiger partial charge in [0.15, 0.2) is 0 Å². The first kappa shape index (κ1) is 9.11. The van der Waals surface area contributed by atoms with E-state index in [2.05, 4.69) is 20.6 Å². The highest BCUT2D eigenvalue weighted by atomic mass is 16.5. The summed E-state index contributed by atoms with van der Waals surface area (Å²) >= 11 is 0. The van der Waals surface area contributed by atoms with Crippen molar-refractivity contribution in [3.63, 3.8) is 0 Å². The zero-order valence-corrected chi connectivity index (χ0v) is 8.39. The quantitative estimate of drug-likeness (QED) is 0.365. The summed E-state index contributed by atoms with van der Waals surface area (Å²) in [5.41, 5.74) is 0. The van der Waals surface area contributed by atoms with Crippen molar-refractivity contribution in [3.8, 4) is 0 Å². The Morgan fingerprint density at radius 1 is 1.07 bits per heavy atom. The van der Waals surface area contributed by atoms with Crippen molar-refractivity contribution in [3.05, 3.63) is 0 Å². The molecule has 0 aromatic heterocycles. The van der Waals surface area contributed by atoms with Crippen LogP contribution >= 0.6 is 0 Å². The molecule has 0 unspecified atom stereocenters. The predicted molar refractivity (Wildman–Crippen MR) is 49.0 cm³/mol. The van der Waals surface area contributed by atoms with Gasteiger partial charge in [-0.05, 0) is 13.8 Å². The van der Waals surface area contributed by atoms with Gasteiger partial charge in [-0.3, -0.25) is 0 Å². The fourth-order valence-electron chi connectivity index (χ4n) is 1.51. The van der Waals surface area contributed by atoms with Crippen molar-refractivity contribution < 1.29 is 19.5 Å². The lowest BCUT2D eigenvalue weighted by Crippen LogP contribution is -2.99. The smallest absolute Gasteiger partial charge is 0.432 e. The minimum absolute atomic E-state index is 0.0955. The Balaban J connectivity index is 1.96. The van der Waals surface area contributed by atoms with Crippen LogP contribution in [0.1, 0.15) is 13.8 Å². The van der Waals surface area contributed by atoms with Crippen LogP contribution in [-0.2, 0) is 9.47 Å². The van der Waals surface area contributed by atoms with Gasteiger partial charge >= 0.3 is 24.4 Å². The molecule has 78 valence electrons. The summed E-state index contributed by atoms with van der Waals surface area (Å²) in [6.45, 7) is 5.19.